The van der Waals surface area contributed by atoms with E-state index in [4.69, 9.17) is 4.74 Å². The van der Waals surface area contributed by atoms with E-state index in [2.05, 4.69) is 28.1 Å². The molecule has 2 heterocycles. The minimum absolute atomic E-state index is 0.445. The first kappa shape index (κ1) is 16.9. The van der Waals surface area contributed by atoms with E-state index in [0.29, 0.717) is 0 Å². The van der Waals surface area contributed by atoms with E-state index in [1.54, 1.807) is 7.11 Å². The third kappa shape index (κ3) is 3.28. The molecule has 0 aliphatic carbocycles. The van der Waals surface area contributed by atoms with Crippen molar-refractivity contribution < 1.29 is 14.7 Å². The van der Waals surface area contributed by atoms with Crippen molar-refractivity contribution in [1.29, 1.82) is 0 Å². The molecule has 0 bridgehead atoms. The van der Waals surface area contributed by atoms with Gasteiger partial charge in [-0.2, -0.15) is 0 Å². The van der Waals surface area contributed by atoms with Gasteiger partial charge in [-0.25, -0.2) is 0 Å². The second-order valence-corrected chi connectivity index (χ2v) is 6.92. The van der Waals surface area contributed by atoms with Crippen LogP contribution >= 0.6 is 0 Å². The average Bonchev–Trinajstić information content (AvgIpc) is 3.13. The zero-order valence-corrected chi connectivity index (χ0v) is 15.1. The average molecular weight is 352 g/mol. The predicted octanol–water partition coefficient (Wildman–Crippen LogP) is 1.61. The van der Waals surface area contributed by atoms with Gasteiger partial charge in [0.25, 0.3) is 0 Å². The number of hydrogen-bond acceptors (Lipinski definition) is 3. The molecule has 0 unspecified atom stereocenters. The Labute approximate surface area is 153 Å². The lowest BCUT2D eigenvalue weighted by Gasteiger charge is -2.35. The monoisotopic (exact) mass is 352 g/mol. The fraction of sp³-hybridized carbons (Fsp3) is 0.333. The molecule has 1 fully saturated rings. The van der Waals surface area contributed by atoms with Gasteiger partial charge in [0.05, 0.1) is 39.0 Å². The molecule has 3 N–H and O–H groups in total. The van der Waals surface area contributed by atoms with Crippen LogP contribution < -0.4 is 14.5 Å². The fourth-order valence-corrected chi connectivity index (χ4v) is 3.91. The van der Waals surface area contributed by atoms with Gasteiger partial charge >= 0.3 is 0 Å². The zero-order valence-electron chi connectivity index (χ0n) is 15.1. The molecular weight excluding hydrogens is 326 g/mol. The van der Waals surface area contributed by atoms with Gasteiger partial charge in [0, 0.05) is 22.7 Å². The van der Waals surface area contributed by atoms with E-state index < -0.39 is 6.10 Å². The molecule has 1 aliphatic rings. The molecular formula is C21H26N3O2+. The van der Waals surface area contributed by atoms with Crippen molar-refractivity contribution in [1.82, 2.24) is 4.98 Å². The second kappa shape index (κ2) is 7.40. The number of quaternary nitrogens is 1. The van der Waals surface area contributed by atoms with Crippen LogP contribution in [0.2, 0.25) is 0 Å². The maximum Gasteiger partial charge on any atom is 0.142 e. The highest BCUT2D eigenvalue weighted by Crippen LogP contribution is 2.27. The molecule has 3 aromatic rings. The van der Waals surface area contributed by atoms with Crippen LogP contribution in [0.25, 0.3) is 10.9 Å². The van der Waals surface area contributed by atoms with Gasteiger partial charge < -0.3 is 24.6 Å². The Morgan fingerprint density at radius 1 is 1.12 bits per heavy atom. The van der Waals surface area contributed by atoms with Crippen molar-refractivity contribution in [2.75, 3.05) is 44.7 Å². The number of aliphatic hydroxyl groups is 1. The van der Waals surface area contributed by atoms with Gasteiger partial charge in [-0.1, -0.05) is 30.3 Å². The van der Waals surface area contributed by atoms with Crippen molar-refractivity contribution in [3.05, 3.63) is 60.3 Å². The summed E-state index contributed by atoms with van der Waals surface area (Å²) in [5.41, 5.74) is 3.24. The number of rotatable bonds is 5. The van der Waals surface area contributed by atoms with Gasteiger partial charge in [-0.3, -0.25) is 0 Å². The molecule has 26 heavy (non-hydrogen) atoms. The number of nitrogens with one attached hydrogen (secondary N) is 2. The van der Waals surface area contributed by atoms with Gasteiger partial charge in [0.15, 0.2) is 0 Å². The molecule has 5 nitrogen and oxygen atoms in total. The number of benzene rings is 2. The number of anilines is 1. The molecule has 5 heteroatoms. The molecule has 0 saturated carbocycles. The highest BCUT2D eigenvalue weighted by Gasteiger charge is 2.25. The van der Waals surface area contributed by atoms with E-state index >= 15 is 0 Å². The van der Waals surface area contributed by atoms with Crippen LogP contribution in [0, 0.1) is 0 Å². The van der Waals surface area contributed by atoms with Crippen molar-refractivity contribution in [2.45, 2.75) is 6.10 Å². The standard InChI is InChI=1S/C21H25N3O2/c1-26-21-9-5-4-8-19(21)24-12-10-23(11-13-24)15-20(25)17-14-22-18-7-3-2-6-16(17)18/h2-9,14,20,22,25H,10-13,15H2,1H3/p+1/t20-/m0/s1. The largest absolute Gasteiger partial charge is 0.495 e. The lowest BCUT2D eigenvalue weighted by Crippen LogP contribution is -3.15. The normalized spacial score (nSPS) is 16.8. The molecule has 4 rings (SSSR count). The fourth-order valence-electron chi connectivity index (χ4n) is 3.91. The highest BCUT2D eigenvalue weighted by molar-refractivity contribution is 5.83. The predicted molar refractivity (Wildman–Crippen MR) is 104 cm³/mol. The Balaban J connectivity index is 1.39. The first-order chi connectivity index (χ1) is 12.8. The highest BCUT2D eigenvalue weighted by atomic mass is 16.5. The topological polar surface area (TPSA) is 52.9 Å². The number of piperazine rings is 1. The summed E-state index contributed by atoms with van der Waals surface area (Å²) in [6, 6.07) is 16.3. The number of para-hydroxylation sites is 3. The molecule has 0 spiro atoms. The summed E-state index contributed by atoms with van der Waals surface area (Å²) in [6.45, 7) is 4.70. The third-order valence-corrected chi connectivity index (χ3v) is 5.36. The molecule has 1 aliphatic heterocycles. The quantitative estimate of drug-likeness (QED) is 0.654. The van der Waals surface area contributed by atoms with E-state index in [0.717, 1.165) is 60.6 Å². The van der Waals surface area contributed by atoms with Crippen LogP contribution in [0.15, 0.2) is 54.7 Å². The van der Waals surface area contributed by atoms with Crippen LogP contribution in [-0.2, 0) is 0 Å². The van der Waals surface area contributed by atoms with Gasteiger partial charge in [-0.15, -0.1) is 0 Å². The van der Waals surface area contributed by atoms with Gasteiger partial charge in [0.1, 0.15) is 18.4 Å². The zero-order chi connectivity index (χ0) is 17.9. The van der Waals surface area contributed by atoms with Gasteiger partial charge in [-0.05, 0) is 18.2 Å². The SMILES string of the molecule is COc1ccccc1N1CC[NH+](C[C@H](O)c2c[nH]c3ccccc23)CC1. The lowest BCUT2D eigenvalue weighted by atomic mass is 10.1. The van der Waals surface area contributed by atoms with E-state index in [1.807, 2.05) is 36.5 Å². The lowest BCUT2D eigenvalue weighted by molar-refractivity contribution is -0.904. The summed E-state index contributed by atoms with van der Waals surface area (Å²) in [5.74, 6) is 0.926. The number of H-pyrrole nitrogens is 1. The molecule has 1 saturated heterocycles. The van der Waals surface area contributed by atoms with Crippen molar-refractivity contribution >= 4 is 16.6 Å². The second-order valence-electron chi connectivity index (χ2n) is 6.92. The Bertz CT molecular complexity index is 868. The minimum Gasteiger partial charge on any atom is -0.495 e. The third-order valence-electron chi connectivity index (χ3n) is 5.36. The number of aromatic nitrogens is 1. The number of nitrogens with zero attached hydrogens (tertiary/aromatic N) is 1. The minimum atomic E-state index is -0.445. The van der Waals surface area contributed by atoms with Crippen molar-refractivity contribution in [3.8, 4) is 5.75 Å². The maximum atomic E-state index is 10.8. The molecule has 2 aromatic carbocycles. The number of aliphatic hydroxyl groups excluding tert-OH is 1. The summed E-state index contributed by atoms with van der Waals surface area (Å²) in [5, 5.41) is 11.9. The number of methoxy groups -OCH3 is 1. The van der Waals surface area contributed by atoms with Crippen LogP contribution in [0.4, 0.5) is 5.69 Å². The van der Waals surface area contributed by atoms with Crippen LogP contribution in [0.3, 0.4) is 0 Å². The number of hydrogen-bond donors (Lipinski definition) is 3. The van der Waals surface area contributed by atoms with Crippen LogP contribution in [0.5, 0.6) is 5.75 Å². The molecule has 0 amide bonds. The molecule has 1 aromatic heterocycles. The van der Waals surface area contributed by atoms with E-state index in [1.165, 1.54) is 4.90 Å². The number of ether oxygens (including phenoxy) is 1. The molecule has 0 radical (unpaired) electrons. The summed E-state index contributed by atoms with van der Waals surface area (Å²) in [7, 11) is 1.72. The van der Waals surface area contributed by atoms with E-state index in [-0.39, 0.29) is 0 Å². The number of fused-ring (bicyclic) bond motifs is 1. The Morgan fingerprint density at radius 2 is 1.85 bits per heavy atom. The summed E-state index contributed by atoms with van der Waals surface area (Å²) in [4.78, 5) is 7.07. The van der Waals surface area contributed by atoms with Gasteiger partial charge in [0.2, 0.25) is 0 Å². The number of aromatic amines is 1. The molecule has 136 valence electrons. The maximum absolute atomic E-state index is 10.8. The van der Waals surface area contributed by atoms with Crippen molar-refractivity contribution in [2.24, 2.45) is 0 Å². The summed E-state index contributed by atoms with van der Waals surface area (Å²) < 4.78 is 5.49. The van der Waals surface area contributed by atoms with E-state index in [9.17, 15) is 5.11 Å². The smallest absolute Gasteiger partial charge is 0.142 e. The van der Waals surface area contributed by atoms with Crippen LogP contribution in [-0.4, -0.2) is 49.9 Å². The van der Waals surface area contributed by atoms with Crippen molar-refractivity contribution in [3.63, 3.8) is 0 Å². The Hall–Kier alpha value is -2.50. The first-order valence-corrected chi connectivity index (χ1v) is 9.22. The molecule has 1 atom stereocenters. The summed E-state index contributed by atoms with van der Waals surface area (Å²) in [6.07, 6.45) is 1.50. The Kier molecular flexibility index (Phi) is 4.82. The first-order valence-electron chi connectivity index (χ1n) is 9.22. The van der Waals surface area contributed by atoms with Crippen LogP contribution in [0.1, 0.15) is 11.7 Å². The Morgan fingerprint density at radius 3 is 2.65 bits per heavy atom. The summed E-state index contributed by atoms with van der Waals surface area (Å²) >= 11 is 0.